The molecule has 0 fully saturated rings. The fraction of sp³-hybridized carbons (Fsp3) is 1.00. The molecule has 0 spiro atoms. The standard InChI is InChI=1S/C6H16O3SSi.C5H14O2SSi/c1-7-11(8-2,9-3)6-4-5-10;1-6-9(7-2)5-3-4-8/h10H,4-6H2,1-3H3;8-9H,3-5H2,1-2H3. The summed E-state index contributed by atoms with van der Waals surface area (Å²) in [7, 11) is 4.74. The Morgan fingerprint density at radius 2 is 1.25 bits per heavy atom. The van der Waals surface area contributed by atoms with Gasteiger partial charge in [0.15, 0.2) is 0 Å². The quantitative estimate of drug-likeness (QED) is 0.435. The molecule has 0 unspecified atom stereocenters. The molecule has 0 atom stereocenters. The summed E-state index contributed by atoms with van der Waals surface area (Å²) < 4.78 is 25.8. The molecule has 0 bridgehead atoms. The van der Waals surface area contributed by atoms with Crippen LogP contribution in [0.1, 0.15) is 12.8 Å². The van der Waals surface area contributed by atoms with Crippen LogP contribution in [0, 0.1) is 0 Å². The molecule has 0 radical (unpaired) electrons. The van der Waals surface area contributed by atoms with Gasteiger partial charge in [-0.2, -0.15) is 25.3 Å². The van der Waals surface area contributed by atoms with Crippen LogP contribution in [0.5, 0.6) is 0 Å². The van der Waals surface area contributed by atoms with Gasteiger partial charge in [-0.3, -0.25) is 0 Å². The van der Waals surface area contributed by atoms with Crippen LogP contribution in [-0.2, 0) is 22.1 Å². The number of hydrogen-bond donors (Lipinski definition) is 2. The second-order valence-corrected chi connectivity index (χ2v) is 10.3. The predicted octanol–water partition coefficient (Wildman–Crippen LogP) is 2.00. The highest BCUT2D eigenvalue weighted by Crippen LogP contribution is 2.14. The summed E-state index contributed by atoms with van der Waals surface area (Å²) in [6.07, 6.45) is 2.06. The molecule has 0 aliphatic rings. The van der Waals surface area contributed by atoms with Crippen molar-refractivity contribution < 1.29 is 22.1 Å². The maximum Gasteiger partial charge on any atom is 0.500 e. The van der Waals surface area contributed by atoms with Crippen molar-refractivity contribution in [3.05, 3.63) is 0 Å². The van der Waals surface area contributed by atoms with Crippen LogP contribution in [0.3, 0.4) is 0 Å². The molecule has 0 saturated heterocycles. The van der Waals surface area contributed by atoms with Crippen LogP contribution in [0.4, 0.5) is 0 Å². The third-order valence-corrected chi connectivity index (χ3v) is 8.09. The minimum Gasteiger partial charge on any atom is -0.400 e. The molecular weight excluding hydrogens is 332 g/mol. The predicted molar refractivity (Wildman–Crippen MR) is 94.5 cm³/mol. The van der Waals surface area contributed by atoms with E-state index in [-0.39, 0.29) is 0 Å². The van der Waals surface area contributed by atoms with Crippen LogP contribution in [0.25, 0.3) is 0 Å². The van der Waals surface area contributed by atoms with Crippen LogP contribution in [0.15, 0.2) is 0 Å². The molecule has 0 aliphatic carbocycles. The van der Waals surface area contributed by atoms with Crippen molar-refractivity contribution in [2.45, 2.75) is 24.9 Å². The van der Waals surface area contributed by atoms with Crippen molar-refractivity contribution in [2.24, 2.45) is 0 Å². The SMILES string of the molecule is CO[SiH](CCCS)OC.CO[Si](CCCS)(OC)OC. The van der Waals surface area contributed by atoms with E-state index in [1.807, 2.05) is 0 Å². The van der Waals surface area contributed by atoms with Crippen molar-refractivity contribution in [1.82, 2.24) is 0 Å². The van der Waals surface area contributed by atoms with Gasteiger partial charge in [0.25, 0.3) is 0 Å². The molecule has 5 nitrogen and oxygen atoms in total. The molecule has 0 aromatic heterocycles. The molecule has 0 aliphatic heterocycles. The Balaban J connectivity index is 0. The number of thiol groups is 2. The molecule has 0 aromatic rings. The molecular formula is C11H30O5S2Si2. The lowest BCUT2D eigenvalue weighted by atomic mass is 10.6. The molecule has 0 aromatic carbocycles. The maximum atomic E-state index is 5.20. The van der Waals surface area contributed by atoms with E-state index < -0.39 is 18.1 Å². The van der Waals surface area contributed by atoms with Gasteiger partial charge in [-0.25, -0.2) is 0 Å². The topological polar surface area (TPSA) is 46.2 Å². The van der Waals surface area contributed by atoms with E-state index in [0.29, 0.717) is 0 Å². The lowest BCUT2D eigenvalue weighted by Gasteiger charge is -2.23. The van der Waals surface area contributed by atoms with E-state index in [1.165, 1.54) is 0 Å². The average molecular weight is 363 g/mol. The third-order valence-electron chi connectivity index (χ3n) is 2.70. The molecule has 0 saturated carbocycles. The Hall–Kier alpha value is 0.934. The molecule has 0 amide bonds. The van der Waals surface area contributed by atoms with Crippen LogP contribution < -0.4 is 0 Å². The van der Waals surface area contributed by atoms with Crippen molar-refractivity contribution in [3.8, 4) is 0 Å². The zero-order valence-corrected chi connectivity index (χ0v) is 17.2. The summed E-state index contributed by atoms with van der Waals surface area (Å²) in [5, 5.41) is 0. The van der Waals surface area contributed by atoms with Gasteiger partial charge in [0.2, 0.25) is 0 Å². The summed E-state index contributed by atoms with van der Waals surface area (Å²) in [5.41, 5.74) is 0. The van der Waals surface area contributed by atoms with Gasteiger partial charge in [0.1, 0.15) is 0 Å². The van der Waals surface area contributed by atoms with Crippen molar-refractivity contribution in [1.29, 1.82) is 0 Å². The minimum atomic E-state index is -2.29. The number of rotatable bonds is 11. The van der Waals surface area contributed by atoms with E-state index in [9.17, 15) is 0 Å². The Morgan fingerprint density at radius 1 is 0.800 bits per heavy atom. The van der Waals surface area contributed by atoms with Crippen LogP contribution in [0.2, 0.25) is 12.1 Å². The molecule has 0 rings (SSSR count). The van der Waals surface area contributed by atoms with Gasteiger partial charge >= 0.3 is 18.1 Å². The van der Waals surface area contributed by atoms with Crippen molar-refractivity contribution >= 4 is 43.3 Å². The highest BCUT2D eigenvalue weighted by atomic mass is 32.1. The molecule has 9 heteroatoms. The van der Waals surface area contributed by atoms with E-state index >= 15 is 0 Å². The zero-order chi connectivity index (χ0) is 15.9. The highest BCUT2D eigenvalue weighted by Gasteiger charge is 2.36. The Morgan fingerprint density at radius 3 is 1.55 bits per heavy atom. The van der Waals surface area contributed by atoms with Crippen LogP contribution in [-0.4, -0.2) is 65.1 Å². The van der Waals surface area contributed by atoms with Gasteiger partial charge in [-0.1, -0.05) is 0 Å². The van der Waals surface area contributed by atoms with E-state index in [4.69, 9.17) is 22.1 Å². The Bertz CT molecular complexity index is 187. The molecule has 0 N–H and O–H groups in total. The lowest BCUT2D eigenvalue weighted by molar-refractivity contribution is 0.123. The van der Waals surface area contributed by atoms with Gasteiger partial charge in [-0.05, 0) is 30.4 Å². The van der Waals surface area contributed by atoms with E-state index in [2.05, 4.69) is 25.3 Å². The normalized spacial score (nSPS) is 11.4. The van der Waals surface area contributed by atoms with Gasteiger partial charge in [0.05, 0.1) is 0 Å². The first-order chi connectivity index (χ1) is 9.59. The first kappa shape index (κ1) is 23.2. The smallest absolute Gasteiger partial charge is 0.400 e. The first-order valence-electron chi connectivity index (χ1n) is 6.52. The second kappa shape index (κ2) is 16.3. The summed E-state index contributed by atoms with van der Waals surface area (Å²) in [6, 6.07) is 1.90. The summed E-state index contributed by atoms with van der Waals surface area (Å²) in [4.78, 5) is 0. The largest absolute Gasteiger partial charge is 0.500 e. The minimum absolute atomic E-state index is 0.833. The number of hydrogen-bond acceptors (Lipinski definition) is 7. The Labute approximate surface area is 137 Å². The molecule has 124 valence electrons. The second-order valence-electron chi connectivity index (χ2n) is 3.89. The van der Waals surface area contributed by atoms with E-state index in [0.717, 1.165) is 36.4 Å². The molecule has 0 heterocycles. The van der Waals surface area contributed by atoms with E-state index in [1.54, 1.807) is 35.5 Å². The Kier molecular flexibility index (Phi) is 18.9. The average Bonchev–Trinajstić information content (AvgIpc) is 2.51. The van der Waals surface area contributed by atoms with Crippen LogP contribution >= 0.6 is 25.3 Å². The summed E-state index contributed by atoms with van der Waals surface area (Å²) >= 11 is 8.19. The third kappa shape index (κ3) is 11.6. The summed E-state index contributed by atoms with van der Waals surface area (Å²) in [6.45, 7) is 0. The van der Waals surface area contributed by atoms with Gasteiger partial charge in [0, 0.05) is 41.6 Å². The maximum absolute atomic E-state index is 5.20. The lowest BCUT2D eigenvalue weighted by Crippen LogP contribution is -2.42. The fourth-order valence-electron chi connectivity index (χ4n) is 1.44. The van der Waals surface area contributed by atoms with Crippen molar-refractivity contribution in [2.75, 3.05) is 47.1 Å². The van der Waals surface area contributed by atoms with Gasteiger partial charge in [-0.15, -0.1) is 0 Å². The zero-order valence-electron chi connectivity index (χ0n) is 13.3. The molecule has 20 heavy (non-hydrogen) atoms. The summed E-state index contributed by atoms with van der Waals surface area (Å²) in [5.74, 6) is 1.76. The van der Waals surface area contributed by atoms with Crippen molar-refractivity contribution in [3.63, 3.8) is 0 Å². The monoisotopic (exact) mass is 362 g/mol. The first-order valence-corrected chi connectivity index (χ1v) is 11.5. The van der Waals surface area contributed by atoms with Gasteiger partial charge < -0.3 is 22.1 Å². The highest BCUT2D eigenvalue weighted by molar-refractivity contribution is 7.80. The fourth-order valence-corrected chi connectivity index (χ4v) is 5.35.